The summed E-state index contributed by atoms with van der Waals surface area (Å²) in [6.45, 7) is 2.38. The Bertz CT molecular complexity index is 1430. The van der Waals surface area contributed by atoms with Gasteiger partial charge in [0.1, 0.15) is 11.2 Å². The number of likely N-dealkylation sites (tertiary alicyclic amines) is 1. The first-order valence-corrected chi connectivity index (χ1v) is 12.1. The van der Waals surface area contributed by atoms with E-state index in [-0.39, 0.29) is 23.9 Å². The molecule has 3 N–H and O–H groups in total. The minimum absolute atomic E-state index is 0.0926. The zero-order chi connectivity index (χ0) is 23.4. The summed E-state index contributed by atoms with van der Waals surface area (Å²) in [5.74, 6) is 0.126. The molecule has 2 aliphatic rings. The molecule has 1 saturated heterocycles. The monoisotopic (exact) mass is 473 g/mol. The molecule has 2 unspecified atom stereocenters. The summed E-state index contributed by atoms with van der Waals surface area (Å²) in [7, 11) is 0. The summed E-state index contributed by atoms with van der Waals surface area (Å²) in [4.78, 5) is 37.9. The van der Waals surface area contributed by atoms with E-state index < -0.39 is 0 Å². The van der Waals surface area contributed by atoms with E-state index in [4.69, 9.17) is 10.2 Å². The third kappa shape index (κ3) is 3.52. The van der Waals surface area contributed by atoms with Gasteiger partial charge in [-0.25, -0.2) is 9.97 Å². The molecule has 8 nitrogen and oxygen atoms in total. The Morgan fingerprint density at radius 3 is 2.94 bits per heavy atom. The van der Waals surface area contributed by atoms with E-state index in [0.29, 0.717) is 40.0 Å². The van der Waals surface area contributed by atoms with Crippen molar-refractivity contribution in [3.05, 3.63) is 65.7 Å². The highest BCUT2D eigenvalue weighted by Crippen LogP contribution is 2.49. The van der Waals surface area contributed by atoms with E-state index >= 15 is 0 Å². The highest BCUT2D eigenvalue weighted by atomic mass is 32.1. The number of oxazole rings is 1. The second-order valence-corrected chi connectivity index (χ2v) is 10.0. The number of nitrogens with one attached hydrogen (secondary N) is 1. The number of nitrogens with two attached hydrogens (primary N) is 1. The Morgan fingerprint density at radius 2 is 2.09 bits per heavy atom. The van der Waals surface area contributed by atoms with Crippen LogP contribution in [0.5, 0.6) is 0 Å². The molecule has 0 spiro atoms. The number of amides is 2. The Balaban J connectivity index is 1.23. The van der Waals surface area contributed by atoms with Crippen LogP contribution in [0.4, 0.5) is 5.13 Å². The second kappa shape index (κ2) is 7.95. The normalized spacial score (nSPS) is 21.0. The lowest BCUT2D eigenvalue weighted by Gasteiger charge is -2.27. The van der Waals surface area contributed by atoms with Crippen LogP contribution in [-0.4, -0.2) is 45.3 Å². The zero-order valence-corrected chi connectivity index (χ0v) is 19.3. The smallest absolute Gasteiger partial charge is 0.274 e. The van der Waals surface area contributed by atoms with Gasteiger partial charge in [-0.05, 0) is 43.4 Å². The van der Waals surface area contributed by atoms with Gasteiger partial charge < -0.3 is 20.4 Å². The van der Waals surface area contributed by atoms with Crippen LogP contribution in [-0.2, 0) is 0 Å². The number of nitrogen functional groups attached to an aromatic ring is 1. The summed E-state index contributed by atoms with van der Waals surface area (Å²) in [5, 5.41) is 3.37. The number of aryl methyl sites for hydroxylation is 1. The molecular weight excluding hydrogens is 450 g/mol. The van der Waals surface area contributed by atoms with E-state index in [9.17, 15) is 9.59 Å². The van der Waals surface area contributed by atoms with E-state index in [2.05, 4.69) is 15.3 Å². The van der Waals surface area contributed by atoms with E-state index in [1.165, 1.54) is 17.7 Å². The van der Waals surface area contributed by atoms with E-state index in [0.717, 1.165) is 28.8 Å². The van der Waals surface area contributed by atoms with Crippen LogP contribution >= 0.6 is 11.3 Å². The minimum atomic E-state index is -0.231. The van der Waals surface area contributed by atoms with Crippen molar-refractivity contribution in [3.63, 3.8) is 0 Å². The van der Waals surface area contributed by atoms with Crippen LogP contribution in [0.25, 0.3) is 21.5 Å². The van der Waals surface area contributed by atoms with Gasteiger partial charge in [-0.3, -0.25) is 9.59 Å². The maximum atomic E-state index is 13.7. The van der Waals surface area contributed by atoms with Crippen molar-refractivity contribution in [2.75, 3.05) is 12.3 Å². The molecule has 1 saturated carbocycles. The highest BCUT2D eigenvalue weighted by molar-refractivity contribution is 7.19. The predicted octanol–water partition coefficient (Wildman–Crippen LogP) is 3.87. The van der Waals surface area contributed by atoms with Crippen molar-refractivity contribution < 1.29 is 14.0 Å². The fourth-order valence-electron chi connectivity index (χ4n) is 5.02. The zero-order valence-electron chi connectivity index (χ0n) is 18.5. The molecule has 34 heavy (non-hydrogen) atoms. The van der Waals surface area contributed by atoms with Crippen LogP contribution in [0.15, 0.2) is 53.3 Å². The first-order chi connectivity index (χ1) is 16.5. The van der Waals surface area contributed by atoms with Gasteiger partial charge in [0.05, 0.1) is 16.5 Å². The molecule has 9 heteroatoms. The fraction of sp³-hybridized carbons (Fsp3) is 0.280. The van der Waals surface area contributed by atoms with Gasteiger partial charge in [-0.15, -0.1) is 0 Å². The number of anilines is 1. The largest absolute Gasteiger partial charge is 0.443 e. The van der Waals surface area contributed by atoms with Gasteiger partial charge in [-0.1, -0.05) is 47.2 Å². The number of fused-ring (bicyclic) bond motifs is 2. The SMILES string of the molecule is Cc1cccc(-c2sc(N)nc2C(=O)N2C3CC3C[C@H]2CNC(=O)c2cccc3ocnc23)c1. The molecule has 6 rings (SSSR count). The molecule has 2 fully saturated rings. The summed E-state index contributed by atoms with van der Waals surface area (Å²) in [5.41, 5.74) is 10.0. The van der Waals surface area contributed by atoms with Crippen molar-refractivity contribution in [1.29, 1.82) is 0 Å². The maximum absolute atomic E-state index is 13.7. The van der Waals surface area contributed by atoms with Crippen LogP contribution < -0.4 is 11.1 Å². The van der Waals surface area contributed by atoms with Gasteiger partial charge in [-0.2, -0.15) is 0 Å². The molecule has 2 amide bonds. The first kappa shape index (κ1) is 20.9. The summed E-state index contributed by atoms with van der Waals surface area (Å²) in [6, 6.07) is 13.4. The van der Waals surface area contributed by atoms with Crippen LogP contribution in [0, 0.1) is 12.8 Å². The van der Waals surface area contributed by atoms with Crippen LogP contribution in [0.3, 0.4) is 0 Å². The molecule has 3 heterocycles. The number of carbonyl (C=O) groups excluding carboxylic acids is 2. The van der Waals surface area contributed by atoms with Gasteiger partial charge in [0.2, 0.25) is 0 Å². The molecule has 3 atom stereocenters. The molecule has 1 aliphatic heterocycles. The molecule has 2 aromatic heterocycles. The molecular formula is C25H23N5O3S. The number of nitrogens with zero attached hydrogens (tertiary/aromatic N) is 3. The third-order valence-electron chi connectivity index (χ3n) is 6.68. The van der Waals surface area contributed by atoms with Gasteiger partial charge >= 0.3 is 0 Å². The molecule has 2 aromatic carbocycles. The average Bonchev–Trinajstić information content (AvgIpc) is 3.18. The predicted molar refractivity (Wildman–Crippen MR) is 130 cm³/mol. The number of piperidine rings is 1. The summed E-state index contributed by atoms with van der Waals surface area (Å²) >= 11 is 1.33. The number of hydrogen-bond acceptors (Lipinski definition) is 7. The van der Waals surface area contributed by atoms with E-state index in [1.54, 1.807) is 18.2 Å². The Hall–Kier alpha value is -3.72. The van der Waals surface area contributed by atoms with Gasteiger partial charge in [0, 0.05) is 12.6 Å². The lowest BCUT2D eigenvalue weighted by atomic mass is 10.1. The molecule has 172 valence electrons. The summed E-state index contributed by atoms with van der Waals surface area (Å²) in [6.07, 6.45) is 3.19. The highest BCUT2D eigenvalue weighted by Gasteiger charge is 2.54. The fourth-order valence-corrected chi connectivity index (χ4v) is 5.84. The van der Waals surface area contributed by atoms with Crippen molar-refractivity contribution in [2.24, 2.45) is 5.92 Å². The third-order valence-corrected chi connectivity index (χ3v) is 7.61. The minimum Gasteiger partial charge on any atom is -0.443 e. The topological polar surface area (TPSA) is 114 Å². The molecule has 4 aromatic rings. The van der Waals surface area contributed by atoms with Crippen LogP contribution in [0.1, 0.15) is 39.3 Å². The standard InChI is InChI=1S/C25H23N5O3S/c1-13-4-2-5-14(8-13)22-21(29-25(26)34-22)24(32)30-16(9-15-10-18(15)30)11-27-23(31)17-6-3-7-19-20(17)28-12-33-19/h2-8,12,15-16,18H,9-11H2,1H3,(H2,26,29)(H,27,31)/t15?,16-,18?/m0/s1. The number of hydrogen-bond donors (Lipinski definition) is 2. The lowest BCUT2D eigenvalue weighted by Crippen LogP contribution is -2.45. The van der Waals surface area contributed by atoms with Crippen molar-refractivity contribution in [1.82, 2.24) is 20.2 Å². The van der Waals surface area contributed by atoms with Gasteiger partial charge in [0.15, 0.2) is 17.1 Å². The van der Waals surface area contributed by atoms with Crippen molar-refractivity contribution >= 4 is 39.4 Å². The first-order valence-electron chi connectivity index (χ1n) is 11.3. The number of thiazole rings is 1. The Morgan fingerprint density at radius 1 is 1.24 bits per heavy atom. The molecule has 1 aliphatic carbocycles. The van der Waals surface area contributed by atoms with Crippen molar-refractivity contribution in [2.45, 2.75) is 31.8 Å². The number of carbonyl (C=O) groups is 2. The maximum Gasteiger partial charge on any atom is 0.274 e. The lowest BCUT2D eigenvalue weighted by molar-refractivity contribution is 0.0685. The van der Waals surface area contributed by atoms with E-state index in [1.807, 2.05) is 36.1 Å². The Kier molecular flexibility index (Phi) is 4.88. The molecule has 0 radical (unpaired) electrons. The van der Waals surface area contributed by atoms with Crippen LogP contribution in [0.2, 0.25) is 0 Å². The Labute approximate surface area is 199 Å². The van der Waals surface area contributed by atoms with Crippen molar-refractivity contribution in [3.8, 4) is 10.4 Å². The summed E-state index contributed by atoms with van der Waals surface area (Å²) < 4.78 is 5.30. The quantitative estimate of drug-likeness (QED) is 0.455. The number of aromatic nitrogens is 2. The second-order valence-electron chi connectivity index (χ2n) is 8.98. The number of para-hydroxylation sites is 1. The average molecular weight is 474 g/mol. The van der Waals surface area contributed by atoms with Gasteiger partial charge in [0.25, 0.3) is 11.8 Å². The molecule has 0 bridgehead atoms. The number of benzene rings is 2. The number of rotatable bonds is 5.